The third-order valence-electron chi connectivity index (χ3n) is 3.15. The first kappa shape index (κ1) is 14.0. The molecule has 0 aliphatic heterocycles. The maximum absolute atomic E-state index is 9.80. The summed E-state index contributed by atoms with van der Waals surface area (Å²) in [6, 6.07) is 3.97. The van der Waals surface area contributed by atoms with Gasteiger partial charge in [0.1, 0.15) is 5.75 Å². The highest BCUT2D eigenvalue weighted by atomic mass is 16.3. The highest BCUT2D eigenvalue weighted by Crippen LogP contribution is 2.32. The molecule has 2 heteroatoms. The molecule has 0 saturated heterocycles. The molecule has 0 bridgehead atoms. The maximum atomic E-state index is 9.80. The summed E-state index contributed by atoms with van der Waals surface area (Å²) in [6.45, 7) is 10.6. The third kappa shape index (κ3) is 3.47. The lowest BCUT2D eigenvalue weighted by molar-refractivity contribution is 0.467. The Bertz CT molecular complexity index is 383. The van der Waals surface area contributed by atoms with Gasteiger partial charge in [-0.1, -0.05) is 33.8 Å². The summed E-state index contributed by atoms with van der Waals surface area (Å²) in [6.07, 6.45) is 0.976. The van der Waals surface area contributed by atoms with E-state index in [1.54, 1.807) is 0 Å². The zero-order chi connectivity index (χ0) is 13.2. The molecule has 0 amide bonds. The molecule has 17 heavy (non-hydrogen) atoms. The van der Waals surface area contributed by atoms with E-state index in [1.807, 2.05) is 19.1 Å². The Morgan fingerprint density at radius 1 is 1.12 bits per heavy atom. The second kappa shape index (κ2) is 5.54. The van der Waals surface area contributed by atoms with Crippen LogP contribution in [0, 0.1) is 12.8 Å². The Labute approximate surface area is 105 Å². The SMILES string of the molecule is Cc1cc(C(N)CC(C)C)c(C(C)C)cc1O. The first-order valence-electron chi connectivity index (χ1n) is 6.41. The van der Waals surface area contributed by atoms with Crippen molar-refractivity contribution in [3.05, 3.63) is 28.8 Å². The van der Waals surface area contributed by atoms with Crippen LogP contribution < -0.4 is 5.73 Å². The van der Waals surface area contributed by atoms with Crippen molar-refractivity contribution in [2.24, 2.45) is 11.7 Å². The summed E-state index contributed by atoms with van der Waals surface area (Å²) in [5.41, 5.74) is 9.53. The largest absolute Gasteiger partial charge is 0.508 e. The van der Waals surface area contributed by atoms with Crippen LogP contribution >= 0.6 is 0 Å². The monoisotopic (exact) mass is 235 g/mol. The molecule has 2 nitrogen and oxygen atoms in total. The molecule has 0 aliphatic rings. The van der Waals surface area contributed by atoms with E-state index in [9.17, 15) is 5.11 Å². The number of aromatic hydroxyl groups is 1. The fraction of sp³-hybridized carbons (Fsp3) is 0.600. The van der Waals surface area contributed by atoms with E-state index in [4.69, 9.17) is 5.73 Å². The van der Waals surface area contributed by atoms with Crippen molar-refractivity contribution >= 4 is 0 Å². The number of aryl methyl sites for hydroxylation is 1. The minimum Gasteiger partial charge on any atom is -0.508 e. The van der Waals surface area contributed by atoms with Gasteiger partial charge in [0.2, 0.25) is 0 Å². The first-order chi connectivity index (χ1) is 7.82. The average Bonchev–Trinajstić information content (AvgIpc) is 2.19. The predicted octanol–water partition coefficient (Wildman–Crippen LogP) is 3.87. The molecular formula is C15H25NO. The van der Waals surface area contributed by atoms with Crippen molar-refractivity contribution in [2.45, 2.75) is 53.0 Å². The van der Waals surface area contributed by atoms with Crippen LogP contribution in [-0.4, -0.2) is 5.11 Å². The number of benzene rings is 1. The summed E-state index contributed by atoms with van der Waals surface area (Å²) < 4.78 is 0. The average molecular weight is 235 g/mol. The number of hydrogen-bond acceptors (Lipinski definition) is 2. The Balaban J connectivity index is 3.16. The molecule has 96 valence electrons. The van der Waals surface area contributed by atoms with Gasteiger partial charge >= 0.3 is 0 Å². The maximum Gasteiger partial charge on any atom is 0.118 e. The minimum absolute atomic E-state index is 0.0618. The van der Waals surface area contributed by atoms with Gasteiger partial charge < -0.3 is 10.8 Å². The second-order valence-corrected chi connectivity index (χ2v) is 5.66. The first-order valence-corrected chi connectivity index (χ1v) is 6.41. The van der Waals surface area contributed by atoms with Gasteiger partial charge in [0.25, 0.3) is 0 Å². The molecule has 0 radical (unpaired) electrons. The zero-order valence-corrected chi connectivity index (χ0v) is 11.6. The Kier molecular flexibility index (Phi) is 4.58. The molecule has 0 aromatic heterocycles. The summed E-state index contributed by atoms with van der Waals surface area (Å²) >= 11 is 0. The van der Waals surface area contributed by atoms with E-state index < -0.39 is 0 Å². The molecular weight excluding hydrogens is 210 g/mol. The standard InChI is InChI=1S/C15H25NO/c1-9(2)6-14(16)13-7-11(5)15(17)8-12(13)10(3)4/h7-10,14,17H,6,16H2,1-5H3. The molecule has 1 unspecified atom stereocenters. The molecule has 1 aromatic carbocycles. The number of phenols is 1. The van der Waals surface area contributed by atoms with Crippen LogP contribution in [0.15, 0.2) is 12.1 Å². The van der Waals surface area contributed by atoms with E-state index in [2.05, 4.69) is 27.7 Å². The molecule has 0 heterocycles. The molecule has 1 aromatic rings. The van der Waals surface area contributed by atoms with Crippen LogP contribution in [-0.2, 0) is 0 Å². The van der Waals surface area contributed by atoms with Gasteiger partial charge in [-0.15, -0.1) is 0 Å². The summed E-state index contributed by atoms with van der Waals surface area (Å²) in [5.74, 6) is 1.34. The van der Waals surface area contributed by atoms with Gasteiger partial charge in [0.05, 0.1) is 0 Å². The Morgan fingerprint density at radius 3 is 2.18 bits per heavy atom. The lowest BCUT2D eigenvalue weighted by atomic mass is 9.88. The van der Waals surface area contributed by atoms with E-state index in [-0.39, 0.29) is 6.04 Å². The van der Waals surface area contributed by atoms with Crippen molar-refractivity contribution in [1.29, 1.82) is 0 Å². The van der Waals surface area contributed by atoms with Crippen LogP contribution in [0.25, 0.3) is 0 Å². The molecule has 0 aliphatic carbocycles. The predicted molar refractivity (Wildman–Crippen MR) is 73.3 cm³/mol. The van der Waals surface area contributed by atoms with E-state index in [0.717, 1.165) is 12.0 Å². The number of phenolic OH excluding ortho intramolecular Hbond substituents is 1. The van der Waals surface area contributed by atoms with Gasteiger partial charge in [-0.05, 0) is 47.9 Å². The topological polar surface area (TPSA) is 46.2 Å². The van der Waals surface area contributed by atoms with Crippen LogP contribution in [0.3, 0.4) is 0 Å². The van der Waals surface area contributed by atoms with Crippen molar-refractivity contribution < 1.29 is 5.11 Å². The van der Waals surface area contributed by atoms with Gasteiger partial charge in [-0.2, -0.15) is 0 Å². The lowest BCUT2D eigenvalue weighted by Gasteiger charge is -2.21. The molecule has 3 N–H and O–H groups in total. The minimum atomic E-state index is 0.0618. The van der Waals surface area contributed by atoms with E-state index in [1.165, 1.54) is 11.1 Å². The van der Waals surface area contributed by atoms with Gasteiger partial charge in [0, 0.05) is 6.04 Å². The van der Waals surface area contributed by atoms with Gasteiger partial charge in [-0.3, -0.25) is 0 Å². The van der Waals surface area contributed by atoms with Gasteiger partial charge in [-0.25, -0.2) is 0 Å². The third-order valence-corrected chi connectivity index (χ3v) is 3.15. The smallest absolute Gasteiger partial charge is 0.118 e. The fourth-order valence-electron chi connectivity index (χ4n) is 2.19. The number of hydrogen-bond donors (Lipinski definition) is 2. The molecule has 1 atom stereocenters. The number of nitrogens with two attached hydrogens (primary N) is 1. The summed E-state index contributed by atoms with van der Waals surface area (Å²) in [5, 5.41) is 9.80. The zero-order valence-electron chi connectivity index (χ0n) is 11.6. The van der Waals surface area contributed by atoms with Crippen LogP contribution in [0.5, 0.6) is 5.75 Å². The van der Waals surface area contributed by atoms with Crippen LogP contribution in [0.1, 0.15) is 62.8 Å². The summed E-state index contributed by atoms with van der Waals surface area (Å²) in [7, 11) is 0. The van der Waals surface area contributed by atoms with Crippen molar-refractivity contribution in [2.75, 3.05) is 0 Å². The molecule has 0 spiro atoms. The Hall–Kier alpha value is -1.02. The molecule has 0 saturated carbocycles. The van der Waals surface area contributed by atoms with E-state index in [0.29, 0.717) is 17.6 Å². The normalized spacial score (nSPS) is 13.4. The number of rotatable bonds is 4. The summed E-state index contributed by atoms with van der Waals surface area (Å²) in [4.78, 5) is 0. The fourth-order valence-corrected chi connectivity index (χ4v) is 2.19. The van der Waals surface area contributed by atoms with Crippen molar-refractivity contribution in [1.82, 2.24) is 0 Å². The lowest BCUT2D eigenvalue weighted by Crippen LogP contribution is -2.15. The van der Waals surface area contributed by atoms with Crippen LogP contribution in [0.4, 0.5) is 0 Å². The molecule has 1 rings (SSSR count). The molecule has 0 fully saturated rings. The van der Waals surface area contributed by atoms with Gasteiger partial charge in [0.15, 0.2) is 0 Å². The van der Waals surface area contributed by atoms with Crippen molar-refractivity contribution in [3.63, 3.8) is 0 Å². The quantitative estimate of drug-likeness (QED) is 0.832. The highest BCUT2D eigenvalue weighted by Gasteiger charge is 2.16. The Morgan fingerprint density at radius 2 is 1.71 bits per heavy atom. The van der Waals surface area contributed by atoms with Crippen LogP contribution in [0.2, 0.25) is 0 Å². The van der Waals surface area contributed by atoms with Crippen molar-refractivity contribution in [3.8, 4) is 5.75 Å². The second-order valence-electron chi connectivity index (χ2n) is 5.66. The highest BCUT2D eigenvalue weighted by molar-refractivity contribution is 5.44. The van der Waals surface area contributed by atoms with E-state index >= 15 is 0 Å².